The Bertz CT molecular complexity index is 415. The van der Waals surface area contributed by atoms with Crippen LogP contribution in [0.15, 0.2) is 30.3 Å². The lowest BCUT2D eigenvalue weighted by Gasteiger charge is -2.42. The molecule has 1 unspecified atom stereocenters. The second kappa shape index (κ2) is 5.21. The molecular weight excluding hydrogens is 244 g/mol. The van der Waals surface area contributed by atoms with Crippen molar-refractivity contribution < 1.29 is 19.7 Å². The first-order valence-electron chi connectivity index (χ1n) is 6.86. The zero-order valence-electron chi connectivity index (χ0n) is 10.9. The van der Waals surface area contributed by atoms with E-state index in [1.807, 2.05) is 30.3 Å². The number of benzene rings is 1. The molecule has 1 aromatic carbocycles. The summed E-state index contributed by atoms with van der Waals surface area (Å²) in [7, 11) is 0. The van der Waals surface area contributed by atoms with E-state index in [1.54, 1.807) is 0 Å². The molecule has 0 aromatic heterocycles. The van der Waals surface area contributed by atoms with Gasteiger partial charge in [0.2, 0.25) is 0 Å². The van der Waals surface area contributed by atoms with Crippen LogP contribution >= 0.6 is 0 Å². The first-order chi connectivity index (χ1) is 9.22. The second-order valence-electron chi connectivity index (χ2n) is 5.56. The second-order valence-corrected chi connectivity index (χ2v) is 5.56. The molecule has 1 saturated carbocycles. The maximum absolute atomic E-state index is 10.3. The molecule has 104 valence electrons. The molecule has 4 nitrogen and oxygen atoms in total. The maximum Gasteiger partial charge on any atom is 0.163 e. The summed E-state index contributed by atoms with van der Waals surface area (Å²) in [4.78, 5) is 0. The van der Waals surface area contributed by atoms with Gasteiger partial charge in [-0.15, -0.1) is 0 Å². The van der Waals surface area contributed by atoms with Crippen molar-refractivity contribution in [2.45, 2.75) is 44.4 Å². The van der Waals surface area contributed by atoms with Crippen LogP contribution in [0, 0.1) is 5.41 Å². The van der Waals surface area contributed by atoms with Gasteiger partial charge < -0.3 is 19.7 Å². The van der Waals surface area contributed by atoms with Crippen LogP contribution in [0.5, 0.6) is 0 Å². The summed E-state index contributed by atoms with van der Waals surface area (Å²) < 4.78 is 11.0. The molecule has 1 spiro atoms. The topological polar surface area (TPSA) is 58.9 Å². The van der Waals surface area contributed by atoms with E-state index in [9.17, 15) is 10.2 Å². The predicted octanol–water partition coefficient (Wildman–Crippen LogP) is 1.45. The Labute approximate surface area is 113 Å². The fraction of sp³-hybridized carbons (Fsp3) is 0.600. The zero-order valence-corrected chi connectivity index (χ0v) is 10.9. The molecule has 1 aliphatic carbocycles. The normalized spacial score (nSPS) is 32.4. The Hall–Kier alpha value is -0.940. The van der Waals surface area contributed by atoms with Crippen molar-refractivity contribution in [3.05, 3.63) is 35.9 Å². The Balaban J connectivity index is 1.51. The number of aliphatic hydroxyl groups excluding tert-OH is 2. The number of hydrogen-bond donors (Lipinski definition) is 2. The van der Waals surface area contributed by atoms with E-state index in [-0.39, 0.29) is 0 Å². The van der Waals surface area contributed by atoms with Gasteiger partial charge in [-0.05, 0) is 18.4 Å². The Morgan fingerprint density at radius 2 is 1.95 bits per heavy atom. The predicted molar refractivity (Wildman–Crippen MR) is 69.3 cm³/mol. The highest BCUT2D eigenvalue weighted by Gasteiger charge is 2.58. The van der Waals surface area contributed by atoms with Gasteiger partial charge in [0.25, 0.3) is 0 Å². The van der Waals surface area contributed by atoms with Crippen molar-refractivity contribution in [2.75, 3.05) is 6.61 Å². The van der Waals surface area contributed by atoms with E-state index in [1.165, 1.54) is 0 Å². The molecule has 1 saturated heterocycles. The molecule has 0 amide bonds. The van der Waals surface area contributed by atoms with E-state index in [2.05, 4.69) is 0 Å². The Morgan fingerprint density at radius 1 is 1.21 bits per heavy atom. The highest BCUT2D eigenvalue weighted by molar-refractivity contribution is 5.13. The van der Waals surface area contributed by atoms with Crippen LogP contribution in [-0.4, -0.2) is 35.3 Å². The van der Waals surface area contributed by atoms with Gasteiger partial charge >= 0.3 is 0 Å². The van der Waals surface area contributed by atoms with Crippen LogP contribution < -0.4 is 0 Å². The molecule has 2 aliphatic rings. The van der Waals surface area contributed by atoms with E-state index < -0.39 is 23.9 Å². The lowest BCUT2D eigenvalue weighted by molar-refractivity contribution is -0.165. The van der Waals surface area contributed by atoms with Crippen LogP contribution in [0.2, 0.25) is 0 Å². The van der Waals surface area contributed by atoms with Gasteiger partial charge in [0.1, 0.15) is 6.10 Å². The number of hydrogen-bond acceptors (Lipinski definition) is 4. The third-order valence-corrected chi connectivity index (χ3v) is 4.41. The number of ether oxygens (including phenoxy) is 2. The summed E-state index contributed by atoms with van der Waals surface area (Å²) in [5.74, 6) is 0. The van der Waals surface area contributed by atoms with E-state index >= 15 is 0 Å². The quantitative estimate of drug-likeness (QED) is 0.864. The monoisotopic (exact) mass is 264 g/mol. The molecule has 0 bridgehead atoms. The summed E-state index contributed by atoms with van der Waals surface area (Å²) in [6.07, 6.45) is 0.844. The summed E-state index contributed by atoms with van der Waals surface area (Å²) in [6, 6.07) is 9.88. The molecule has 3 rings (SSSR count). The van der Waals surface area contributed by atoms with Gasteiger partial charge in [-0.2, -0.15) is 0 Å². The van der Waals surface area contributed by atoms with Crippen molar-refractivity contribution in [3.8, 4) is 0 Å². The van der Waals surface area contributed by atoms with Gasteiger partial charge in [-0.3, -0.25) is 0 Å². The van der Waals surface area contributed by atoms with Crippen LogP contribution in [0.3, 0.4) is 0 Å². The molecule has 1 aliphatic heterocycles. The average molecular weight is 264 g/mol. The first-order valence-corrected chi connectivity index (χ1v) is 6.86. The highest BCUT2D eigenvalue weighted by atomic mass is 16.6. The molecule has 0 radical (unpaired) electrons. The molecule has 4 heteroatoms. The summed E-state index contributed by atoms with van der Waals surface area (Å²) in [5, 5.41) is 20.2. The minimum absolute atomic E-state index is 0.314. The largest absolute Gasteiger partial charge is 0.390 e. The molecule has 1 heterocycles. The van der Waals surface area contributed by atoms with Crippen molar-refractivity contribution in [2.24, 2.45) is 5.41 Å². The SMILES string of the molecule is OC1O[C@H](COCc2ccccc2)[C@@H](O)C12CCC2. The van der Waals surface area contributed by atoms with Gasteiger partial charge in [0, 0.05) is 5.41 Å². The van der Waals surface area contributed by atoms with Gasteiger partial charge in [0.15, 0.2) is 6.29 Å². The van der Waals surface area contributed by atoms with Crippen molar-refractivity contribution in [3.63, 3.8) is 0 Å². The van der Waals surface area contributed by atoms with Crippen molar-refractivity contribution in [1.82, 2.24) is 0 Å². The number of aliphatic hydroxyl groups is 2. The molecule has 2 fully saturated rings. The lowest BCUT2D eigenvalue weighted by Crippen LogP contribution is -2.47. The minimum Gasteiger partial charge on any atom is -0.390 e. The first kappa shape index (κ1) is 13.1. The van der Waals surface area contributed by atoms with Crippen molar-refractivity contribution >= 4 is 0 Å². The molecular formula is C15H20O4. The van der Waals surface area contributed by atoms with Crippen LogP contribution in [0.1, 0.15) is 24.8 Å². The third kappa shape index (κ3) is 2.30. The standard InChI is InChI=1S/C15H20O4/c16-13-12(19-14(17)15(13)7-4-8-15)10-18-9-11-5-2-1-3-6-11/h1-3,5-6,12-14,16-17H,4,7-10H2/t12-,13-,14?/m1/s1. The van der Waals surface area contributed by atoms with E-state index in [4.69, 9.17) is 9.47 Å². The Kier molecular flexibility index (Phi) is 3.58. The molecule has 19 heavy (non-hydrogen) atoms. The van der Waals surface area contributed by atoms with Gasteiger partial charge in [0.05, 0.1) is 19.3 Å². The summed E-state index contributed by atoms with van der Waals surface area (Å²) in [5.41, 5.74) is 0.662. The number of rotatable bonds is 4. The molecule has 3 atom stereocenters. The zero-order chi connectivity index (χ0) is 13.3. The van der Waals surface area contributed by atoms with Crippen LogP contribution in [0.25, 0.3) is 0 Å². The summed E-state index contributed by atoms with van der Waals surface area (Å²) >= 11 is 0. The molecule has 2 N–H and O–H groups in total. The Morgan fingerprint density at radius 3 is 2.53 bits per heavy atom. The summed E-state index contributed by atoms with van der Waals surface area (Å²) in [6.45, 7) is 0.811. The lowest BCUT2D eigenvalue weighted by atomic mass is 9.65. The van der Waals surface area contributed by atoms with E-state index in [0.29, 0.717) is 13.2 Å². The van der Waals surface area contributed by atoms with E-state index in [0.717, 1.165) is 24.8 Å². The van der Waals surface area contributed by atoms with Gasteiger partial charge in [-0.1, -0.05) is 36.8 Å². The smallest absolute Gasteiger partial charge is 0.163 e. The third-order valence-electron chi connectivity index (χ3n) is 4.41. The van der Waals surface area contributed by atoms with Crippen molar-refractivity contribution in [1.29, 1.82) is 0 Å². The minimum atomic E-state index is -0.846. The van der Waals surface area contributed by atoms with Gasteiger partial charge in [-0.25, -0.2) is 0 Å². The van der Waals surface area contributed by atoms with Crippen LogP contribution in [0.4, 0.5) is 0 Å². The van der Waals surface area contributed by atoms with Crippen LogP contribution in [-0.2, 0) is 16.1 Å². The fourth-order valence-corrected chi connectivity index (χ4v) is 3.02. The highest BCUT2D eigenvalue weighted by Crippen LogP contribution is 2.52. The average Bonchev–Trinajstić information content (AvgIpc) is 2.62. The fourth-order valence-electron chi connectivity index (χ4n) is 3.02. The molecule has 1 aromatic rings. The maximum atomic E-state index is 10.3.